The molecule has 0 aromatic rings. The molecule has 15 heavy (non-hydrogen) atoms. The first-order chi connectivity index (χ1) is 7.11. The van der Waals surface area contributed by atoms with Crippen molar-refractivity contribution >= 4 is 7.32 Å². The molecule has 0 N–H and O–H groups in total. The largest absolute Gasteiger partial charge is 0.639 e. The van der Waals surface area contributed by atoms with Crippen LogP contribution in [0.15, 0.2) is 0 Å². The van der Waals surface area contributed by atoms with E-state index in [-0.39, 0.29) is 0 Å². The van der Waals surface area contributed by atoms with E-state index in [1.807, 2.05) is 0 Å². The molecule has 1 saturated heterocycles. The van der Waals surface area contributed by atoms with Crippen molar-refractivity contribution in [1.82, 2.24) is 4.90 Å². The fraction of sp³-hybridized carbons (Fsp3) is 1.00. The zero-order valence-corrected chi connectivity index (χ0v) is 10.2. The van der Waals surface area contributed by atoms with Crippen molar-refractivity contribution in [3.8, 4) is 0 Å². The Balaban J connectivity index is 2.15. The Morgan fingerprint density at radius 1 is 1.13 bits per heavy atom. The normalized spacial score (nSPS) is 17.4. The highest BCUT2D eigenvalue weighted by atomic mass is 16.8. The summed E-state index contributed by atoms with van der Waals surface area (Å²) in [5, 5.41) is 0. The van der Waals surface area contributed by atoms with Crippen LogP contribution in [0.1, 0.15) is 27.7 Å². The summed E-state index contributed by atoms with van der Waals surface area (Å²) >= 11 is 0. The third-order valence-electron chi connectivity index (χ3n) is 2.52. The third-order valence-corrected chi connectivity index (χ3v) is 2.52. The van der Waals surface area contributed by atoms with Gasteiger partial charge in [-0.3, -0.25) is 4.90 Å². The lowest BCUT2D eigenvalue weighted by Gasteiger charge is -2.30. The molecule has 5 heteroatoms. The molecule has 0 aromatic carbocycles. The van der Waals surface area contributed by atoms with Crippen molar-refractivity contribution in [2.75, 3.05) is 26.4 Å². The Labute approximate surface area is 93.0 Å². The van der Waals surface area contributed by atoms with Gasteiger partial charge in [-0.05, 0) is 27.7 Å². The molecule has 1 aliphatic rings. The van der Waals surface area contributed by atoms with E-state index in [4.69, 9.17) is 14.0 Å². The topological polar surface area (TPSA) is 30.9 Å². The van der Waals surface area contributed by atoms with Gasteiger partial charge in [0.05, 0.1) is 13.2 Å². The van der Waals surface area contributed by atoms with Crippen LogP contribution in [0.5, 0.6) is 0 Å². The van der Waals surface area contributed by atoms with Crippen LogP contribution in [0.25, 0.3) is 0 Å². The maximum absolute atomic E-state index is 5.45. The Kier molecular flexibility index (Phi) is 5.60. The van der Waals surface area contributed by atoms with Crippen LogP contribution in [0.3, 0.4) is 0 Å². The van der Waals surface area contributed by atoms with Crippen molar-refractivity contribution in [2.24, 2.45) is 0 Å². The van der Waals surface area contributed by atoms with E-state index in [1.165, 1.54) is 0 Å². The Bertz CT molecular complexity index is 164. The third kappa shape index (κ3) is 4.51. The van der Waals surface area contributed by atoms with Crippen molar-refractivity contribution in [3.63, 3.8) is 0 Å². The van der Waals surface area contributed by atoms with Gasteiger partial charge in [0.25, 0.3) is 0 Å². The highest BCUT2D eigenvalue weighted by Gasteiger charge is 2.26. The minimum Gasteiger partial charge on any atom is -0.385 e. The lowest BCUT2D eigenvalue weighted by Crippen LogP contribution is -2.40. The Morgan fingerprint density at radius 2 is 1.67 bits per heavy atom. The minimum absolute atomic E-state index is 0.439. The molecule has 0 spiro atoms. The predicted octanol–water partition coefficient (Wildman–Crippen LogP) is 1.15. The molecular formula is C10H22BNO3. The first-order valence-electron chi connectivity index (χ1n) is 5.72. The van der Waals surface area contributed by atoms with Gasteiger partial charge >= 0.3 is 7.32 Å². The van der Waals surface area contributed by atoms with Crippen molar-refractivity contribution in [2.45, 2.75) is 39.8 Å². The van der Waals surface area contributed by atoms with E-state index < -0.39 is 7.32 Å². The predicted molar refractivity (Wildman–Crippen MR) is 60.6 cm³/mol. The smallest absolute Gasteiger partial charge is 0.385 e. The summed E-state index contributed by atoms with van der Waals surface area (Å²) in [5.74, 6) is 0. The summed E-state index contributed by atoms with van der Waals surface area (Å²) in [6.07, 6.45) is 0. The van der Waals surface area contributed by atoms with E-state index in [0.717, 1.165) is 6.54 Å². The maximum atomic E-state index is 5.45. The van der Waals surface area contributed by atoms with E-state index in [9.17, 15) is 0 Å². The molecule has 0 saturated carbocycles. The number of hydrogen-bond donors (Lipinski definition) is 0. The quantitative estimate of drug-likeness (QED) is 0.622. The molecule has 88 valence electrons. The van der Waals surface area contributed by atoms with Crippen molar-refractivity contribution in [1.29, 1.82) is 0 Å². The Morgan fingerprint density at radius 3 is 2.13 bits per heavy atom. The molecule has 0 radical (unpaired) electrons. The van der Waals surface area contributed by atoms with Gasteiger partial charge in [0, 0.05) is 25.2 Å². The van der Waals surface area contributed by atoms with Crippen LogP contribution in [0.2, 0.25) is 0 Å². The average molecular weight is 215 g/mol. The molecule has 0 atom stereocenters. The zero-order chi connectivity index (χ0) is 11.3. The van der Waals surface area contributed by atoms with Crippen LogP contribution in [-0.2, 0) is 14.0 Å². The molecule has 0 aromatic heterocycles. The van der Waals surface area contributed by atoms with Gasteiger partial charge in [0.2, 0.25) is 0 Å². The zero-order valence-electron chi connectivity index (χ0n) is 10.2. The minimum atomic E-state index is -0.439. The van der Waals surface area contributed by atoms with Gasteiger partial charge in [-0.15, -0.1) is 0 Å². The lowest BCUT2D eigenvalue weighted by molar-refractivity contribution is 0.113. The summed E-state index contributed by atoms with van der Waals surface area (Å²) in [6.45, 7) is 11.6. The van der Waals surface area contributed by atoms with E-state index in [2.05, 4.69) is 32.6 Å². The van der Waals surface area contributed by atoms with Crippen LogP contribution < -0.4 is 0 Å². The fourth-order valence-electron chi connectivity index (χ4n) is 1.80. The standard InChI is InChI=1S/C10H22BNO3/c1-9(2)12(10(3)4)5-6-13-11-14-7-8-15-11/h9-10H,5-8H2,1-4H3. The van der Waals surface area contributed by atoms with Crippen molar-refractivity contribution in [3.05, 3.63) is 0 Å². The summed E-state index contributed by atoms with van der Waals surface area (Å²) in [6, 6.07) is 1.08. The molecule has 0 bridgehead atoms. The number of rotatable bonds is 6. The van der Waals surface area contributed by atoms with E-state index >= 15 is 0 Å². The first-order valence-corrected chi connectivity index (χ1v) is 5.72. The second-order valence-electron chi connectivity index (χ2n) is 4.33. The van der Waals surface area contributed by atoms with Gasteiger partial charge in [0.15, 0.2) is 0 Å². The van der Waals surface area contributed by atoms with Gasteiger partial charge < -0.3 is 14.0 Å². The molecule has 1 fully saturated rings. The van der Waals surface area contributed by atoms with Crippen LogP contribution in [-0.4, -0.2) is 50.7 Å². The Hall–Kier alpha value is -0.0951. The van der Waals surface area contributed by atoms with Gasteiger partial charge in [-0.1, -0.05) is 0 Å². The van der Waals surface area contributed by atoms with Gasteiger partial charge in [0.1, 0.15) is 0 Å². The maximum Gasteiger partial charge on any atom is 0.639 e. The molecule has 4 nitrogen and oxygen atoms in total. The number of nitrogens with zero attached hydrogens (tertiary/aromatic N) is 1. The molecule has 0 unspecified atom stereocenters. The second kappa shape index (κ2) is 6.48. The van der Waals surface area contributed by atoms with Gasteiger partial charge in [-0.2, -0.15) is 0 Å². The second-order valence-corrected chi connectivity index (χ2v) is 4.33. The van der Waals surface area contributed by atoms with Crippen LogP contribution in [0.4, 0.5) is 0 Å². The molecule has 1 heterocycles. The molecule has 1 rings (SSSR count). The average Bonchev–Trinajstić information content (AvgIpc) is 2.63. The van der Waals surface area contributed by atoms with E-state index in [1.54, 1.807) is 0 Å². The monoisotopic (exact) mass is 215 g/mol. The summed E-state index contributed by atoms with van der Waals surface area (Å²) in [5.41, 5.74) is 0. The molecular weight excluding hydrogens is 193 g/mol. The highest BCUT2D eigenvalue weighted by Crippen LogP contribution is 2.05. The van der Waals surface area contributed by atoms with E-state index in [0.29, 0.717) is 31.9 Å². The molecule has 0 amide bonds. The summed E-state index contributed by atoms with van der Waals surface area (Å²) in [7, 11) is -0.439. The van der Waals surface area contributed by atoms with Gasteiger partial charge in [-0.25, -0.2) is 0 Å². The first kappa shape index (κ1) is 13.0. The molecule has 0 aliphatic carbocycles. The van der Waals surface area contributed by atoms with Crippen molar-refractivity contribution < 1.29 is 14.0 Å². The summed E-state index contributed by atoms with van der Waals surface area (Å²) in [4.78, 5) is 2.38. The molecule has 1 aliphatic heterocycles. The summed E-state index contributed by atoms with van der Waals surface area (Å²) < 4.78 is 15.8. The SMILES string of the molecule is CC(C)N(CCOB1OCCO1)C(C)C. The van der Waals surface area contributed by atoms with Crippen LogP contribution in [0, 0.1) is 0 Å². The highest BCUT2D eigenvalue weighted by molar-refractivity contribution is 6.36. The lowest BCUT2D eigenvalue weighted by atomic mass is 10.2. The fourth-order valence-corrected chi connectivity index (χ4v) is 1.80. The van der Waals surface area contributed by atoms with Crippen LogP contribution >= 0.6 is 0 Å². The number of hydrogen-bond acceptors (Lipinski definition) is 4.